The van der Waals surface area contributed by atoms with Gasteiger partial charge in [-0.05, 0) is 28.8 Å². The molecule has 146 valence electrons. The molecule has 0 saturated heterocycles. The van der Waals surface area contributed by atoms with Crippen LogP contribution in [0.2, 0.25) is 0 Å². The maximum absolute atomic E-state index is 12.8. The zero-order valence-corrected chi connectivity index (χ0v) is 15.0. The van der Waals surface area contributed by atoms with Crippen molar-refractivity contribution < 1.29 is 18.0 Å². The number of carbonyl (C=O) groups excluding carboxylic acids is 1. The largest absolute Gasteiger partial charge is 0.416 e. The first-order chi connectivity index (χ1) is 13.3. The van der Waals surface area contributed by atoms with Gasteiger partial charge in [0.15, 0.2) is 0 Å². The van der Waals surface area contributed by atoms with Gasteiger partial charge in [0.05, 0.1) is 5.56 Å². The lowest BCUT2D eigenvalue weighted by atomic mass is 10.0. The van der Waals surface area contributed by atoms with Crippen LogP contribution in [0.3, 0.4) is 0 Å². The number of amides is 1. The molecule has 0 bridgehead atoms. The van der Waals surface area contributed by atoms with Gasteiger partial charge < -0.3 is 5.32 Å². The number of halogens is 3. The van der Waals surface area contributed by atoms with Crippen LogP contribution in [0.5, 0.6) is 0 Å². The number of aromatic nitrogens is 4. The molecule has 1 atom stereocenters. The van der Waals surface area contributed by atoms with Gasteiger partial charge in [-0.3, -0.25) is 4.79 Å². The van der Waals surface area contributed by atoms with E-state index < -0.39 is 11.7 Å². The van der Waals surface area contributed by atoms with Crippen LogP contribution in [-0.2, 0) is 17.5 Å². The van der Waals surface area contributed by atoms with Crippen molar-refractivity contribution in [3.8, 4) is 11.4 Å². The number of carbonyl (C=O) groups is 1. The van der Waals surface area contributed by atoms with E-state index in [-0.39, 0.29) is 29.8 Å². The topological polar surface area (TPSA) is 72.7 Å². The minimum absolute atomic E-state index is 0.0246. The van der Waals surface area contributed by atoms with E-state index >= 15 is 0 Å². The number of nitrogens with one attached hydrogen (secondary N) is 1. The maximum Gasteiger partial charge on any atom is 0.416 e. The first-order valence-electron chi connectivity index (χ1n) is 8.60. The van der Waals surface area contributed by atoms with Crippen LogP contribution in [0, 0.1) is 0 Å². The Morgan fingerprint density at radius 1 is 1.14 bits per heavy atom. The summed E-state index contributed by atoms with van der Waals surface area (Å²) in [5.74, 6) is -0.151. The van der Waals surface area contributed by atoms with Crippen LogP contribution >= 0.6 is 0 Å². The second-order valence-corrected chi connectivity index (χ2v) is 6.34. The fraction of sp³-hybridized carbons (Fsp3) is 0.263. The Balaban J connectivity index is 1.59. The van der Waals surface area contributed by atoms with Gasteiger partial charge in [0.25, 0.3) is 0 Å². The Bertz CT molecular complexity index is 940. The molecule has 0 spiro atoms. The van der Waals surface area contributed by atoms with E-state index in [0.717, 1.165) is 22.5 Å². The molecule has 0 saturated carbocycles. The summed E-state index contributed by atoms with van der Waals surface area (Å²) >= 11 is 0. The molecule has 2 aromatic carbocycles. The van der Waals surface area contributed by atoms with Crippen molar-refractivity contribution >= 4 is 5.91 Å². The van der Waals surface area contributed by atoms with E-state index in [9.17, 15) is 18.0 Å². The quantitative estimate of drug-likeness (QED) is 0.702. The third kappa shape index (κ3) is 4.93. The number of hydrogen-bond acceptors (Lipinski definition) is 4. The van der Waals surface area contributed by atoms with Gasteiger partial charge >= 0.3 is 6.18 Å². The molecule has 0 fully saturated rings. The van der Waals surface area contributed by atoms with Gasteiger partial charge in [0.1, 0.15) is 6.54 Å². The number of hydrogen-bond donors (Lipinski definition) is 1. The van der Waals surface area contributed by atoms with Crippen molar-refractivity contribution in [2.75, 3.05) is 6.54 Å². The summed E-state index contributed by atoms with van der Waals surface area (Å²) < 4.78 is 38.5. The van der Waals surface area contributed by atoms with E-state index in [1.807, 2.05) is 37.3 Å². The van der Waals surface area contributed by atoms with E-state index in [2.05, 4.69) is 20.7 Å². The molecule has 1 aromatic heterocycles. The smallest absolute Gasteiger partial charge is 0.354 e. The third-order valence-electron chi connectivity index (χ3n) is 4.16. The first kappa shape index (κ1) is 19.5. The second kappa shape index (κ2) is 8.20. The molecular formula is C19H18F3N5O. The van der Waals surface area contributed by atoms with Crippen LogP contribution in [0.4, 0.5) is 13.2 Å². The number of nitrogens with zero attached hydrogens (tertiary/aromatic N) is 4. The molecule has 3 aromatic rings. The number of alkyl halides is 3. The van der Waals surface area contributed by atoms with Gasteiger partial charge in [-0.15, -0.1) is 10.2 Å². The van der Waals surface area contributed by atoms with Crippen LogP contribution in [-0.4, -0.2) is 32.7 Å². The Kier molecular flexibility index (Phi) is 5.72. The highest BCUT2D eigenvalue weighted by atomic mass is 19.4. The van der Waals surface area contributed by atoms with E-state index in [1.54, 1.807) is 0 Å². The van der Waals surface area contributed by atoms with Crippen LogP contribution in [0.25, 0.3) is 11.4 Å². The molecule has 0 unspecified atom stereocenters. The molecule has 28 heavy (non-hydrogen) atoms. The summed E-state index contributed by atoms with van der Waals surface area (Å²) in [6, 6.07) is 14.4. The maximum atomic E-state index is 12.8. The molecule has 3 rings (SSSR count). The molecule has 0 aliphatic rings. The predicted molar refractivity (Wildman–Crippen MR) is 96.1 cm³/mol. The summed E-state index contributed by atoms with van der Waals surface area (Å²) in [4.78, 5) is 13.1. The lowest BCUT2D eigenvalue weighted by Gasteiger charge is -2.12. The Morgan fingerprint density at radius 2 is 1.89 bits per heavy atom. The standard InChI is InChI=1S/C19H18F3N5O/c1-13(14-6-3-2-4-7-14)11-23-17(28)12-27-25-18(24-26-27)15-8-5-9-16(10-15)19(20,21)22/h2-10,13H,11-12H2,1H3,(H,23,28)/t13-/m1/s1. The lowest BCUT2D eigenvalue weighted by molar-refractivity contribution is -0.137. The minimum atomic E-state index is -4.46. The monoisotopic (exact) mass is 389 g/mol. The van der Waals surface area contributed by atoms with Gasteiger partial charge in [-0.2, -0.15) is 18.0 Å². The zero-order valence-electron chi connectivity index (χ0n) is 15.0. The fourth-order valence-electron chi connectivity index (χ4n) is 2.61. The fourth-order valence-corrected chi connectivity index (χ4v) is 2.61. The van der Waals surface area contributed by atoms with Gasteiger partial charge in [0, 0.05) is 12.1 Å². The van der Waals surface area contributed by atoms with E-state index in [4.69, 9.17) is 0 Å². The molecule has 9 heteroatoms. The molecular weight excluding hydrogens is 371 g/mol. The van der Waals surface area contributed by atoms with Crippen molar-refractivity contribution in [1.82, 2.24) is 25.5 Å². The summed E-state index contributed by atoms with van der Waals surface area (Å²) in [5, 5.41) is 14.3. The number of tetrazole rings is 1. The zero-order chi connectivity index (χ0) is 20.1. The van der Waals surface area contributed by atoms with E-state index in [0.29, 0.717) is 6.54 Å². The number of rotatable bonds is 6. The molecule has 6 nitrogen and oxygen atoms in total. The summed E-state index contributed by atoms with van der Waals surface area (Å²) in [6.45, 7) is 2.26. The lowest BCUT2D eigenvalue weighted by Crippen LogP contribution is -2.31. The molecule has 1 amide bonds. The molecule has 0 aliphatic heterocycles. The SMILES string of the molecule is C[C@H](CNC(=O)Cn1nnc(-c2cccc(C(F)(F)F)c2)n1)c1ccccc1. The Morgan fingerprint density at radius 3 is 2.61 bits per heavy atom. The predicted octanol–water partition coefficient (Wildman–Crippen LogP) is 3.28. The van der Waals surface area contributed by atoms with Crippen molar-refractivity contribution in [3.05, 3.63) is 65.7 Å². The molecule has 1 N–H and O–H groups in total. The normalized spacial score (nSPS) is 12.6. The van der Waals surface area contributed by atoms with Crippen LogP contribution < -0.4 is 5.32 Å². The summed E-state index contributed by atoms with van der Waals surface area (Å²) in [5.41, 5.74) is 0.488. The number of benzene rings is 2. The minimum Gasteiger partial charge on any atom is -0.354 e. The third-order valence-corrected chi connectivity index (χ3v) is 4.16. The summed E-state index contributed by atoms with van der Waals surface area (Å²) in [6.07, 6.45) is -4.46. The van der Waals surface area contributed by atoms with Gasteiger partial charge in [-0.25, -0.2) is 0 Å². The molecule has 1 heterocycles. The highest BCUT2D eigenvalue weighted by molar-refractivity contribution is 5.75. The Hall–Kier alpha value is -3.23. The van der Waals surface area contributed by atoms with E-state index in [1.165, 1.54) is 12.1 Å². The highest BCUT2D eigenvalue weighted by Crippen LogP contribution is 2.31. The van der Waals surface area contributed by atoms with Crippen LogP contribution in [0.15, 0.2) is 54.6 Å². The van der Waals surface area contributed by atoms with Gasteiger partial charge in [0.2, 0.25) is 11.7 Å². The van der Waals surface area contributed by atoms with Crippen molar-refractivity contribution in [2.45, 2.75) is 25.6 Å². The Labute approximate surface area is 159 Å². The van der Waals surface area contributed by atoms with Gasteiger partial charge in [-0.1, -0.05) is 49.4 Å². The highest BCUT2D eigenvalue weighted by Gasteiger charge is 2.30. The average Bonchev–Trinajstić information content (AvgIpc) is 3.14. The van der Waals surface area contributed by atoms with Crippen molar-refractivity contribution in [3.63, 3.8) is 0 Å². The average molecular weight is 389 g/mol. The molecule has 0 radical (unpaired) electrons. The molecule has 0 aliphatic carbocycles. The van der Waals surface area contributed by atoms with Crippen molar-refractivity contribution in [2.24, 2.45) is 0 Å². The second-order valence-electron chi connectivity index (χ2n) is 6.34. The summed E-state index contributed by atoms with van der Waals surface area (Å²) in [7, 11) is 0. The van der Waals surface area contributed by atoms with Crippen LogP contribution in [0.1, 0.15) is 24.0 Å². The van der Waals surface area contributed by atoms with Crippen molar-refractivity contribution in [1.29, 1.82) is 0 Å². The first-order valence-corrected chi connectivity index (χ1v) is 8.60.